The largest absolute Gasteiger partial charge is 0.381 e. The minimum absolute atomic E-state index is 0.112. The zero-order chi connectivity index (χ0) is 25.8. The predicted molar refractivity (Wildman–Crippen MR) is 147 cm³/mol. The number of rotatable bonds is 9. The Morgan fingerprint density at radius 1 is 1.00 bits per heavy atom. The maximum absolute atomic E-state index is 13.6. The molecule has 1 N–H and O–H groups in total. The molecule has 1 unspecified atom stereocenters. The van der Waals surface area contributed by atoms with Gasteiger partial charge in [0.25, 0.3) is 0 Å². The number of likely N-dealkylation sites (N-methyl/N-ethyl adjacent to an activating group) is 2. The van der Waals surface area contributed by atoms with E-state index in [1.165, 1.54) is 0 Å². The highest BCUT2D eigenvalue weighted by atomic mass is 32.2. The molecule has 37 heavy (non-hydrogen) atoms. The summed E-state index contributed by atoms with van der Waals surface area (Å²) in [5.74, 6) is 0.478. The van der Waals surface area contributed by atoms with Crippen molar-refractivity contribution in [2.24, 2.45) is 0 Å². The highest BCUT2D eigenvalue weighted by Crippen LogP contribution is 2.31. The van der Waals surface area contributed by atoms with Crippen LogP contribution >= 0.6 is 0 Å². The van der Waals surface area contributed by atoms with Crippen LogP contribution in [0.2, 0.25) is 0 Å². The number of aromatic nitrogens is 4. The fraction of sp³-hybridized carbons (Fsp3) is 0.370. The Labute approximate surface area is 220 Å². The fourth-order valence-electron chi connectivity index (χ4n) is 4.39. The van der Waals surface area contributed by atoms with E-state index in [4.69, 9.17) is 14.7 Å². The van der Waals surface area contributed by atoms with Crippen LogP contribution in [0.15, 0.2) is 70.8 Å². The molecule has 0 spiro atoms. The molecule has 1 aliphatic heterocycles. The summed E-state index contributed by atoms with van der Waals surface area (Å²) in [6.07, 6.45) is 3.34. The molecule has 1 atom stereocenters. The van der Waals surface area contributed by atoms with Crippen LogP contribution in [0.1, 0.15) is 18.9 Å². The summed E-state index contributed by atoms with van der Waals surface area (Å²) in [5.41, 5.74) is 3.36. The van der Waals surface area contributed by atoms with Gasteiger partial charge in [-0.15, -0.1) is 0 Å². The first-order chi connectivity index (χ1) is 18.0. The monoisotopic (exact) mass is 519 g/mol. The van der Waals surface area contributed by atoms with E-state index < -0.39 is 10.8 Å². The summed E-state index contributed by atoms with van der Waals surface area (Å²) >= 11 is 0. The molecule has 3 heterocycles. The molecule has 0 saturated carbocycles. The summed E-state index contributed by atoms with van der Waals surface area (Å²) < 4.78 is 21.2. The standard InChI is InChI=1S/C27H33N7O2S/c1-32(2)15-16-33(3)21-11-9-20(10-12-21)29-26-28-19-24-25(31-26)34(22-13-17-36-18-14-22)27(30-24)37(35)23-7-5-4-6-8-23/h4-12,19,22H,13-18H2,1-3H3,(H,28,29,31). The molecule has 1 aliphatic rings. The van der Waals surface area contributed by atoms with E-state index in [0.717, 1.165) is 37.3 Å². The average Bonchev–Trinajstić information content (AvgIpc) is 3.31. The van der Waals surface area contributed by atoms with Crippen LogP contribution in [0.25, 0.3) is 11.2 Å². The molecule has 10 heteroatoms. The lowest BCUT2D eigenvalue weighted by Gasteiger charge is -2.25. The summed E-state index contributed by atoms with van der Waals surface area (Å²) in [7, 11) is 4.82. The number of hydrogen-bond acceptors (Lipinski definition) is 8. The van der Waals surface area contributed by atoms with Crippen LogP contribution in [0.5, 0.6) is 0 Å². The van der Waals surface area contributed by atoms with Crippen LogP contribution in [-0.2, 0) is 15.5 Å². The molecule has 0 radical (unpaired) electrons. The Hall–Kier alpha value is -3.34. The summed E-state index contributed by atoms with van der Waals surface area (Å²) in [6.45, 7) is 3.26. The van der Waals surface area contributed by atoms with E-state index in [2.05, 4.69) is 53.4 Å². The van der Waals surface area contributed by atoms with Gasteiger partial charge in [-0.3, -0.25) is 4.57 Å². The lowest BCUT2D eigenvalue weighted by atomic mass is 10.1. The van der Waals surface area contributed by atoms with Crippen LogP contribution < -0.4 is 10.2 Å². The van der Waals surface area contributed by atoms with Gasteiger partial charge in [0.05, 0.1) is 6.20 Å². The van der Waals surface area contributed by atoms with Gasteiger partial charge >= 0.3 is 0 Å². The minimum Gasteiger partial charge on any atom is -0.381 e. The smallest absolute Gasteiger partial charge is 0.229 e. The van der Waals surface area contributed by atoms with E-state index in [9.17, 15) is 4.21 Å². The normalized spacial score (nSPS) is 15.2. The number of anilines is 3. The molecule has 0 aliphatic carbocycles. The van der Waals surface area contributed by atoms with Gasteiger partial charge in [-0.2, -0.15) is 4.98 Å². The minimum atomic E-state index is -1.43. The van der Waals surface area contributed by atoms with Gasteiger partial charge in [0.15, 0.2) is 5.65 Å². The van der Waals surface area contributed by atoms with Crippen molar-refractivity contribution in [3.8, 4) is 0 Å². The van der Waals surface area contributed by atoms with E-state index in [1.54, 1.807) is 6.20 Å². The predicted octanol–water partition coefficient (Wildman–Crippen LogP) is 4.09. The zero-order valence-corrected chi connectivity index (χ0v) is 22.3. The Morgan fingerprint density at radius 2 is 1.73 bits per heavy atom. The number of fused-ring (bicyclic) bond motifs is 1. The number of benzene rings is 2. The second-order valence-electron chi connectivity index (χ2n) is 9.49. The first-order valence-corrected chi connectivity index (χ1v) is 13.7. The van der Waals surface area contributed by atoms with Crippen molar-refractivity contribution in [1.82, 2.24) is 24.4 Å². The Bertz CT molecular complexity index is 1350. The number of hydrogen-bond donors (Lipinski definition) is 1. The van der Waals surface area contributed by atoms with Gasteiger partial charge in [-0.1, -0.05) is 18.2 Å². The van der Waals surface area contributed by atoms with Crippen LogP contribution in [0.3, 0.4) is 0 Å². The van der Waals surface area contributed by atoms with E-state index >= 15 is 0 Å². The van der Waals surface area contributed by atoms with Gasteiger partial charge in [0.2, 0.25) is 11.1 Å². The molecule has 0 bridgehead atoms. The summed E-state index contributed by atoms with van der Waals surface area (Å²) in [6, 6.07) is 17.8. The molecule has 1 saturated heterocycles. The maximum atomic E-state index is 13.6. The van der Waals surface area contributed by atoms with Crippen LogP contribution in [0, 0.1) is 0 Å². The fourth-order valence-corrected chi connectivity index (χ4v) is 5.60. The van der Waals surface area contributed by atoms with Crippen molar-refractivity contribution >= 4 is 39.3 Å². The van der Waals surface area contributed by atoms with Gasteiger partial charge in [-0.25, -0.2) is 14.2 Å². The SMILES string of the molecule is CN(C)CCN(C)c1ccc(Nc2ncc3nc(S(=O)c4ccccc4)n(C4CCOCC4)c3n2)cc1. The molecular formula is C27H33N7O2S. The Balaban J connectivity index is 1.44. The van der Waals surface area contributed by atoms with E-state index in [-0.39, 0.29) is 6.04 Å². The first kappa shape index (κ1) is 25.3. The average molecular weight is 520 g/mol. The second-order valence-corrected chi connectivity index (χ2v) is 10.9. The molecule has 194 valence electrons. The number of ether oxygens (including phenoxy) is 1. The van der Waals surface area contributed by atoms with Crippen molar-refractivity contribution in [3.63, 3.8) is 0 Å². The van der Waals surface area contributed by atoms with Crippen molar-refractivity contribution in [1.29, 1.82) is 0 Å². The number of nitrogens with one attached hydrogen (secondary N) is 1. The summed E-state index contributed by atoms with van der Waals surface area (Å²) in [5, 5.41) is 3.83. The highest BCUT2D eigenvalue weighted by Gasteiger charge is 2.26. The van der Waals surface area contributed by atoms with Crippen molar-refractivity contribution in [2.75, 3.05) is 57.7 Å². The lowest BCUT2D eigenvalue weighted by molar-refractivity contribution is 0.0682. The Kier molecular flexibility index (Phi) is 7.78. The van der Waals surface area contributed by atoms with Gasteiger partial charge in [-0.05, 0) is 63.3 Å². The van der Waals surface area contributed by atoms with Gasteiger partial charge < -0.3 is 19.9 Å². The second kappa shape index (κ2) is 11.4. The molecule has 2 aromatic heterocycles. The first-order valence-electron chi connectivity index (χ1n) is 12.5. The van der Waals surface area contributed by atoms with Crippen molar-refractivity contribution in [3.05, 3.63) is 60.8 Å². The molecule has 1 fully saturated rings. The van der Waals surface area contributed by atoms with Gasteiger partial charge in [0, 0.05) is 55.7 Å². The molecule has 2 aromatic carbocycles. The van der Waals surface area contributed by atoms with E-state index in [0.29, 0.717) is 40.4 Å². The van der Waals surface area contributed by atoms with Crippen molar-refractivity contribution < 1.29 is 8.95 Å². The van der Waals surface area contributed by atoms with Gasteiger partial charge in [0.1, 0.15) is 16.3 Å². The van der Waals surface area contributed by atoms with Crippen LogP contribution in [0.4, 0.5) is 17.3 Å². The zero-order valence-electron chi connectivity index (χ0n) is 21.5. The molecule has 5 rings (SSSR count). The van der Waals surface area contributed by atoms with Crippen molar-refractivity contribution in [2.45, 2.75) is 28.9 Å². The third-order valence-electron chi connectivity index (χ3n) is 6.53. The number of nitrogens with zero attached hydrogens (tertiary/aromatic N) is 6. The quantitative estimate of drug-likeness (QED) is 0.354. The molecule has 9 nitrogen and oxygen atoms in total. The highest BCUT2D eigenvalue weighted by molar-refractivity contribution is 7.85. The summed E-state index contributed by atoms with van der Waals surface area (Å²) in [4.78, 5) is 19.2. The maximum Gasteiger partial charge on any atom is 0.229 e. The molecule has 0 amide bonds. The Morgan fingerprint density at radius 3 is 2.43 bits per heavy atom. The van der Waals surface area contributed by atoms with E-state index in [1.807, 2.05) is 47.0 Å². The third kappa shape index (κ3) is 5.82. The molecular weight excluding hydrogens is 486 g/mol. The van der Waals surface area contributed by atoms with Crippen LogP contribution in [-0.4, -0.2) is 76.1 Å². The third-order valence-corrected chi connectivity index (χ3v) is 7.85. The molecule has 4 aromatic rings. The lowest BCUT2D eigenvalue weighted by Crippen LogP contribution is -2.28. The number of imidazole rings is 1. The topological polar surface area (TPSA) is 88.4 Å².